The molecule has 0 amide bonds. The van der Waals surface area contributed by atoms with E-state index in [1.54, 1.807) is 0 Å². The van der Waals surface area contributed by atoms with Gasteiger partial charge in [-0.25, -0.2) is 4.57 Å². The van der Waals surface area contributed by atoms with E-state index in [1.165, 1.54) is 44.6 Å². The van der Waals surface area contributed by atoms with Crippen LogP contribution >= 0.6 is 7.82 Å². The van der Waals surface area contributed by atoms with Crippen molar-refractivity contribution in [2.24, 2.45) is 5.73 Å². The van der Waals surface area contributed by atoms with E-state index in [2.05, 4.69) is 118 Å². The van der Waals surface area contributed by atoms with Crippen LogP contribution in [0.2, 0.25) is 0 Å². The Morgan fingerprint density at radius 1 is 0.528 bits per heavy atom. The van der Waals surface area contributed by atoms with E-state index in [0.717, 1.165) is 77.0 Å². The molecule has 0 saturated heterocycles. The zero-order valence-electron chi connectivity index (χ0n) is 35.4. The van der Waals surface area contributed by atoms with Crippen molar-refractivity contribution in [3.63, 3.8) is 0 Å². The maximum absolute atomic E-state index is 12.2. The van der Waals surface area contributed by atoms with Crippen molar-refractivity contribution in [3.8, 4) is 0 Å². The van der Waals surface area contributed by atoms with Crippen LogP contribution in [0.3, 0.4) is 0 Å². The second-order valence-corrected chi connectivity index (χ2v) is 16.4. The first-order valence-electron chi connectivity index (χ1n) is 19.8. The average molecular weight is 760 g/mol. The molecule has 304 valence electrons. The van der Waals surface area contributed by atoms with Gasteiger partial charge in [-0.2, -0.15) is 0 Å². The van der Waals surface area contributed by atoms with Crippen molar-refractivity contribution in [2.75, 3.05) is 39.6 Å². The van der Waals surface area contributed by atoms with E-state index in [9.17, 15) is 9.46 Å². The van der Waals surface area contributed by atoms with E-state index < -0.39 is 13.9 Å². The highest BCUT2D eigenvalue weighted by Crippen LogP contribution is 2.43. The van der Waals surface area contributed by atoms with E-state index in [-0.39, 0.29) is 26.4 Å². The molecule has 0 spiro atoms. The highest BCUT2D eigenvalue weighted by Gasteiger charge is 2.23. The minimum atomic E-state index is -4.22. The largest absolute Gasteiger partial charge is 0.472 e. The van der Waals surface area contributed by atoms with Gasteiger partial charge in [-0.3, -0.25) is 9.05 Å². The molecule has 8 heteroatoms. The fraction of sp³-hybridized carbons (Fsp3) is 0.644. The minimum absolute atomic E-state index is 0.0645. The van der Waals surface area contributed by atoms with Gasteiger partial charge in [-0.1, -0.05) is 93.2 Å². The number of ether oxygens (including phenoxy) is 2. The van der Waals surface area contributed by atoms with Crippen LogP contribution in [0.25, 0.3) is 0 Å². The van der Waals surface area contributed by atoms with Gasteiger partial charge in [0, 0.05) is 6.54 Å². The SMILES string of the molecule is CC(C)=CCCC(C)=CCCC(C)=CCCC(C)=CCOCC(COP(=O)(O)OCCN)OCC=C(C)CCC=C(C)CCC=C(C)CCC=C(C)C. The van der Waals surface area contributed by atoms with E-state index in [4.69, 9.17) is 24.3 Å². The quantitative estimate of drug-likeness (QED) is 0.0412. The number of allylic oxidation sites excluding steroid dienone is 14. The number of hydrogen-bond donors (Lipinski definition) is 2. The van der Waals surface area contributed by atoms with Crippen LogP contribution in [0.1, 0.15) is 146 Å². The molecule has 2 unspecified atom stereocenters. The van der Waals surface area contributed by atoms with E-state index >= 15 is 0 Å². The van der Waals surface area contributed by atoms with Crippen LogP contribution < -0.4 is 5.73 Å². The van der Waals surface area contributed by atoms with Crippen molar-refractivity contribution < 1.29 is 28.0 Å². The third kappa shape index (κ3) is 34.2. The van der Waals surface area contributed by atoms with Gasteiger partial charge in [0.2, 0.25) is 0 Å². The molecule has 0 heterocycles. The van der Waals surface area contributed by atoms with Crippen molar-refractivity contribution >= 4 is 7.82 Å². The lowest BCUT2D eigenvalue weighted by Crippen LogP contribution is -2.26. The molecule has 0 aromatic heterocycles. The van der Waals surface area contributed by atoms with Gasteiger partial charge in [-0.15, -0.1) is 0 Å². The highest BCUT2D eigenvalue weighted by molar-refractivity contribution is 7.47. The van der Waals surface area contributed by atoms with Crippen LogP contribution in [0.15, 0.2) is 93.2 Å². The molecule has 3 N–H and O–H groups in total. The predicted molar refractivity (Wildman–Crippen MR) is 228 cm³/mol. The molecule has 0 saturated carbocycles. The molecule has 0 radical (unpaired) electrons. The second-order valence-electron chi connectivity index (χ2n) is 15.0. The lowest BCUT2D eigenvalue weighted by atomic mass is 10.0. The first-order valence-corrected chi connectivity index (χ1v) is 21.3. The third-order valence-electron chi connectivity index (χ3n) is 8.72. The van der Waals surface area contributed by atoms with Crippen molar-refractivity contribution in [1.82, 2.24) is 0 Å². The Hall–Kier alpha value is -2.09. The first kappa shape index (κ1) is 50.9. The zero-order valence-corrected chi connectivity index (χ0v) is 36.3. The molecule has 53 heavy (non-hydrogen) atoms. The normalized spacial score (nSPS) is 15.4. The molecule has 0 fully saturated rings. The molecule has 0 aromatic rings. The van der Waals surface area contributed by atoms with Gasteiger partial charge in [-0.05, 0) is 146 Å². The molecular formula is C45H78NO6P. The Bertz CT molecular complexity index is 1290. The minimum Gasteiger partial charge on any atom is -0.375 e. The molecule has 0 aliphatic carbocycles. The number of nitrogens with two attached hydrogens (primary N) is 1. The Labute approximate surface area is 325 Å². The second kappa shape index (κ2) is 32.2. The summed E-state index contributed by atoms with van der Waals surface area (Å²) in [6.07, 6.45) is 30.4. The van der Waals surface area contributed by atoms with Gasteiger partial charge < -0.3 is 20.1 Å². The summed E-state index contributed by atoms with van der Waals surface area (Å²) in [5.74, 6) is 0. The summed E-state index contributed by atoms with van der Waals surface area (Å²) in [5.41, 5.74) is 16.4. The Morgan fingerprint density at radius 2 is 0.887 bits per heavy atom. The van der Waals surface area contributed by atoms with Crippen molar-refractivity contribution in [3.05, 3.63) is 93.2 Å². The molecule has 0 bridgehead atoms. The fourth-order valence-electron chi connectivity index (χ4n) is 5.23. The van der Waals surface area contributed by atoms with Gasteiger partial charge in [0.25, 0.3) is 0 Å². The van der Waals surface area contributed by atoms with Crippen LogP contribution in [-0.2, 0) is 23.1 Å². The summed E-state index contributed by atoms with van der Waals surface area (Å²) in [4.78, 5) is 9.99. The van der Waals surface area contributed by atoms with Crippen LogP contribution in [0.5, 0.6) is 0 Å². The topological polar surface area (TPSA) is 100 Å². The smallest absolute Gasteiger partial charge is 0.375 e. The van der Waals surface area contributed by atoms with Crippen molar-refractivity contribution in [2.45, 2.75) is 152 Å². The maximum atomic E-state index is 12.2. The fourth-order valence-corrected chi connectivity index (χ4v) is 5.99. The predicted octanol–water partition coefficient (Wildman–Crippen LogP) is 12.8. The summed E-state index contributed by atoms with van der Waals surface area (Å²) >= 11 is 0. The molecule has 7 nitrogen and oxygen atoms in total. The molecular weight excluding hydrogens is 681 g/mol. The first-order chi connectivity index (χ1) is 25.1. The highest BCUT2D eigenvalue weighted by atomic mass is 31.2. The third-order valence-corrected chi connectivity index (χ3v) is 9.71. The molecule has 0 aliphatic rings. The molecule has 0 aromatic carbocycles. The maximum Gasteiger partial charge on any atom is 0.472 e. The van der Waals surface area contributed by atoms with Gasteiger partial charge in [0.15, 0.2) is 0 Å². The van der Waals surface area contributed by atoms with Crippen molar-refractivity contribution in [1.29, 1.82) is 0 Å². The lowest BCUT2D eigenvalue weighted by Gasteiger charge is -2.19. The van der Waals surface area contributed by atoms with Crippen LogP contribution in [0.4, 0.5) is 0 Å². The zero-order chi connectivity index (χ0) is 39.9. The average Bonchev–Trinajstić information content (AvgIpc) is 3.07. The lowest BCUT2D eigenvalue weighted by molar-refractivity contribution is -0.0284. The van der Waals surface area contributed by atoms with Gasteiger partial charge in [0.05, 0.1) is 33.0 Å². The number of phosphoric acid groups is 1. The van der Waals surface area contributed by atoms with Crippen LogP contribution in [0, 0.1) is 0 Å². The number of phosphoric ester groups is 1. The summed E-state index contributed by atoms with van der Waals surface area (Å²) in [7, 11) is -4.22. The van der Waals surface area contributed by atoms with Gasteiger partial charge in [0.1, 0.15) is 6.10 Å². The van der Waals surface area contributed by atoms with Crippen LogP contribution in [-0.4, -0.2) is 50.6 Å². The monoisotopic (exact) mass is 760 g/mol. The summed E-state index contributed by atoms with van der Waals surface area (Å²) < 4.78 is 34.3. The Balaban J connectivity index is 4.82. The summed E-state index contributed by atoms with van der Waals surface area (Å²) in [5, 5.41) is 0. The molecule has 0 aliphatic heterocycles. The summed E-state index contributed by atoms with van der Waals surface area (Å²) in [6, 6.07) is 0. The summed E-state index contributed by atoms with van der Waals surface area (Å²) in [6.45, 7) is 22.6. The Kier molecular flexibility index (Phi) is 30.9. The standard InChI is InChI=1S/C45H78NO6P/c1-37(2)17-11-19-39(5)21-13-23-41(7)25-15-27-43(9)29-32-49-35-45(36-52-53(47,48)51-34-31-46)50-33-30-44(10)28-16-26-42(8)24-14-22-40(6)20-12-18-38(3)4/h17-18,21-22,25-26,29-30,45H,11-16,19-20,23-24,27-28,31-36,46H2,1-10H3,(H,47,48). The molecule has 2 atom stereocenters. The number of rotatable bonds is 31. The van der Waals surface area contributed by atoms with Gasteiger partial charge >= 0.3 is 7.82 Å². The number of hydrogen-bond acceptors (Lipinski definition) is 6. The Morgan fingerprint density at radius 3 is 1.26 bits per heavy atom. The van der Waals surface area contributed by atoms with E-state index in [1.807, 2.05) is 0 Å². The molecule has 0 rings (SSSR count). The van der Waals surface area contributed by atoms with E-state index in [0.29, 0.717) is 13.2 Å².